The third-order valence-electron chi connectivity index (χ3n) is 2.20. The first-order valence-electron chi connectivity index (χ1n) is 4.32. The molecule has 0 radical (unpaired) electrons. The van der Waals surface area contributed by atoms with Gasteiger partial charge in [-0.25, -0.2) is 0 Å². The van der Waals surface area contributed by atoms with Crippen LogP contribution in [-0.2, 0) is 24.3 Å². The number of nitrogens with zero attached hydrogens (tertiary/aromatic N) is 1. The van der Waals surface area contributed by atoms with Crippen LogP contribution < -0.4 is 5.56 Å². The Balaban J connectivity index is 2.39. The molecule has 0 amide bonds. The maximum Gasteiger partial charge on any atom is 0.270 e. The second-order valence-electron chi connectivity index (χ2n) is 3.05. The van der Waals surface area contributed by atoms with E-state index in [1.165, 1.54) is 4.68 Å². The molecule has 13 heavy (non-hydrogen) atoms. The van der Waals surface area contributed by atoms with E-state index in [0.29, 0.717) is 26.2 Å². The Morgan fingerprint density at radius 2 is 2.46 bits per heavy atom. The molecule has 0 fully saturated rings. The van der Waals surface area contributed by atoms with Crippen molar-refractivity contribution in [3.63, 3.8) is 0 Å². The first-order chi connectivity index (χ1) is 6.33. The smallest absolute Gasteiger partial charge is 0.270 e. The average molecular weight is 184 g/mol. The highest BCUT2D eigenvalue weighted by molar-refractivity contribution is 5.18. The lowest BCUT2D eigenvalue weighted by Gasteiger charge is -2.08. The van der Waals surface area contributed by atoms with Crippen molar-refractivity contribution in [1.29, 1.82) is 0 Å². The van der Waals surface area contributed by atoms with Gasteiger partial charge in [-0.2, -0.15) is 0 Å². The summed E-state index contributed by atoms with van der Waals surface area (Å²) in [5.41, 5.74) is 1.64. The van der Waals surface area contributed by atoms with Crippen LogP contribution in [0.4, 0.5) is 0 Å². The number of aromatic nitrogens is 2. The highest BCUT2D eigenvalue weighted by atomic mass is 16.5. The van der Waals surface area contributed by atoms with Crippen LogP contribution >= 0.6 is 0 Å². The Labute approximate surface area is 74.9 Å². The van der Waals surface area contributed by atoms with Crippen molar-refractivity contribution in [3.05, 3.63) is 21.6 Å². The van der Waals surface area contributed by atoms with Crippen molar-refractivity contribution in [3.8, 4) is 0 Å². The first-order valence-corrected chi connectivity index (χ1v) is 4.32. The summed E-state index contributed by atoms with van der Waals surface area (Å²) in [6, 6.07) is 0. The fourth-order valence-electron chi connectivity index (χ4n) is 1.56. The van der Waals surface area contributed by atoms with Crippen molar-refractivity contribution in [2.75, 3.05) is 13.2 Å². The van der Waals surface area contributed by atoms with Gasteiger partial charge in [0, 0.05) is 12.0 Å². The van der Waals surface area contributed by atoms with E-state index in [1.54, 1.807) is 0 Å². The van der Waals surface area contributed by atoms with E-state index in [1.807, 2.05) is 0 Å². The first kappa shape index (κ1) is 8.52. The zero-order valence-electron chi connectivity index (χ0n) is 7.25. The van der Waals surface area contributed by atoms with Crippen LogP contribution in [0.5, 0.6) is 0 Å². The number of nitrogens with one attached hydrogen (secondary N) is 1. The molecule has 2 rings (SSSR count). The highest BCUT2D eigenvalue weighted by Gasteiger charge is 2.17. The molecule has 5 heteroatoms. The summed E-state index contributed by atoms with van der Waals surface area (Å²) in [4.78, 5) is 11.6. The van der Waals surface area contributed by atoms with Crippen LogP contribution in [0.15, 0.2) is 4.79 Å². The summed E-state index contributed by atoms with van der Waals surface area (Å²) in [6.45, 7) is 1.38. The van der Waals surface area contributed by atoms with Crippen molar-refractivity contribution < 1.29 is 9.84 Å². The predicted molar refractivity (Wildman–Crippen MR) is 45.5 cm³/mol. The number of hydrogen-bond acceptors (Lipinski definition) is 3. The minimum atomic E-state index is -0.0276. The largest absolute Gasteiger partial charge is 0.394 e. The molecule has 72 valence electrons. The van der Waals surface area contributed by atoms with Gasteiger partial charge in [0.15, 0.2) is 0 Å². The van der Waals surface area contributed by atoms with Crippen LogP contribution in [-0.4, -0.2) is 28.1 Å². The van der Waals surface area contributed by atoms with Gasteiger partial charge in [0.2, 0.25) is 0 Å². The second kappa shape index (κ2) is 3.35. The van der Waals surface area contributed by atoms with E-state index in [0.717, 1.165) is 11.3 Å². The minimum absolute atomic E-state index is 0.0210. The van der Waals surface area contributed by atoms with Gasteiger partial charge in [-0.1, -0.05) is 0 Å². The number of ether oxygens (including phenoxy) is 1. The number of hydrogen-bond donors (Lipinski definition) is 2. The van der Waals surface area contributed by atoms with Gasteiger partial charge < -0.3 is 9.84 Å². The van der Waals surface area contributed by atoms with Gasteiger partial charge in [-0.3, -0.25) is 14.6 Å². The lowest BCUT2D eigenvalue weighted by molar-refractivity contribution is 0.107. The lowest BCUT2D eigenvalue weighted by Crippen LogP contribution is -2.22. The number of H-pyrrole nitrogens is 1. The zero-order valence-corrected chi connectivity index (χ0v) is 7.25. The fraction of sp³-hybridized carbons (Fsp3) is 0.625. The van der Waals surface area contributed by atoms with Gasteiger partial charge >= 0.3 is 0 Å². The summed E-state index contributed by atoms with van der Waals surface area (Å²) in [5.74, 6) is 0. The molecule has 2 N–H and O–H groups in total. The highest BCUT2D eigenvalue weighted by Crippen LogP contribution is 2.09. The molecule has 5 nitrogen and oxygen atoms in total. The SMILES string of the molecule is O=c1c2c([nH]n1CCO)COCC2. The molecule has 1 aliphatic rings. The summed E-state index contributed by atoms with van der Waals surface area (Å²) in [7, 11) is 0. The number of aliphatic hydroxyl groups excluding tert-OH is 1. The number of fused-ring (bicyclic) bond motifs is 1. The standard InChI is InChI=1S/C8H12N2O3/c11-3-2-10-8(12)6-1-4-13-5-7(6)9-10/h9,11H,1-5H2. The molecule has 0 saturated heterocycles. The van der Waals surface area contributed by atoms with E-state index in [9.17, 15) is 4.79 Å². The molecular formula is C8H12N2O3. The molecule has 0 saturated carbocycles. The number of rotatable bonds is 2. The second-order valence-corrected chi connectivity index (χ2v) is 3.05. The number of aromatic amines is 1. The van der Waals surface area contributed by atoms with Crippen LogP contribution in [0.3, 0.4) is 0 Å². The van der Waals surface area contributed by atoms with Crippen LogP contribution in [0.2, 0.25) is 0 Å². The maximum absolute atomic E-state index is 11.6. The fourth-order valence-corrected chi connectivity index (χ4v) is 1.56. The normalized spacial score (nSPS) is 15.8. The van der Waals surface area contributed by atoms with Crippen molar-refractivity contribution >= 4 is 0 Å². The summed E-state index contributed by atoms with van der Waals surface area (Å²) >= 11 is 0. The Kier molecular flexibility index (Phi) is 2.20. The van der Waals surface area contributed by atoms with Crippen LogP contribution in [0, 0.1) is 0 Å². The molecule has 1 aliphatic heterocycles. The van der Waals surface area contributed by atoms with Crippen molar-refractivity contribution in [2.24, 2.45) is 0 Å². The third kappa shape index (κ3) is 1.40. The van der Waals surface area contributed by atoms with E-state index in [2.05, 4.69) is 5.10 Å². The molecule has 0 atom stereocenters. The average Bonchev–Trinajstić information content (AvgIpc) is 2.46. The predicted octanol–water partition coefficient (Wildman–Crippen LogP) is -0.759. The molecule has 0 aromatic carbocycles. The number of aliphatic hydroxyl groups is 1. The van der Waals surface area contributed by atoms with Gasteiger partial charge in [-0.15, -0.1) is 0 Å². The molecule has 0 spiro atoms. The molecule has 1 aromatic heterocycles. The summed E-state index contributed by atoms with van der Waals surface area (Å²) in [6.07, 6.45) is 0.670. The molecule has 0 unspecified atom stereocenters. The maximum atomic E-state index is 11.6. The molecule has 0 bridgehead atoms. The molecule has 2 heterocycles. The summed E-state index contributed by atoms with van der Waals surface area (Å²) in [5, 5.41) is 11.6. The lowest BCUT2D eigenvalue weighted by atomic mass is 10.1. The quantitative estimate of drug-likeness (QED) is 0.635. The van der Waals surface area contributed by atoms with Gasteiger partial charge in [0.1, 0.15) is 0 Å². The summed E-state index contributed by atoms with van der Waals surface area (Å²) < 4.78 is 6.63. The van der Waals surface area contributed by atoms with Gasteiger partial charge in [0.05, 0.1) is 32.1 Å². The Morgan fingerprint density at radius 1 is 1.62 bits per heavy atom. The Hall–Kier alpha value is -1.07. The van der Waals surface area contributed by atoms with Crippen LogP contribution in [0.25, 0.3) is 0 Å². The Morgan fingerprint density at radius 3 is 3.15 bits per heavy atom. The molecular weight excluding hydrogens is 172 g/mol. The van der Waals surface area contributed by atoms with Crippen molar-refractivity contribution in [1.82, 2.24) is 9.78 Å². The zero-order chi connectivity index (χ0) is 9.26. The Bertz CT molecular complexity index is 353. The van der Waals surface area contributed by atoms with E-state index in [4.69, 9.17) is 9.84 Å². The van der Waals surface area contributed by atoms with Crippen molar-refractivity contribution in [2.45, 2.75) is 19.6 Å². The molecule has 0 aliphatic carbocycles. The molecule has 1 aromatic rings. The third-order valence-corrected chi connectivity index (χ3v) is 2.20. The van der Waals surface area contributed by atoms with E-state index >= 15 is 0 Å². The van der Waals surface area contributed by atoms with E-state index in [-0.39, 0.29) is 12.2 Å². The van der Waals surface area contributed by atoms with Crippen LogP contribution in [0.1, 0.15) is 11.3 Å². The van der Waals surface area contributed by atoms with Gasteiger partial charge in [0.25, 0.3) is 5.56 Å². The van der Waals surface area contributed by atoms with Gasteiger partial charge in [-0.05, 0) is 0 Å². The van der Waals surface area contributed by atoms with E-state index < -0.39 is 0 Å². The minimum Gasteiger partial charge on any atom is -0.394 e. The monoisotopic (exact) mass is 184 g/mol. The topological polar surface area (TPSA) is 67.2 Å².